The molecule has 1 heteroatoms. The van der Waals surface area contributed by atoms with E-state index in [1.54, 1.807) is 0 Å². The maximum Gasteiger partial charge on any atom is 0.0795 e. The van der Waals surface area contributed by atoms with E-state index in [0.29, 0.717) is 6.04 Å². The van der Waals surface area contributed by atoms with Crippen molar-refractivity contribution in [3.8, 4) is 0 Å². The first-order valence-corrected chi connectivity index (χ1v) is 7.31. The van der Waals surface area contributed by atoms with Crippen LogP contribution in [0.25, 0.3) is 0 Å². The highest BCUT2D eigenvalue weighted by Crippen LogP contribution is 2.34. The third-order valence-electron chi connectivity index (χ3n) is 4.15. The quantitative estimate of drug-likeness (QED) is 0.781. The number of hydrogen-bond acceptors (Lipinski definition) is 1. The molecule has 0 spiro atoms. The molecule has 0 atom stereocenters. The van der Waals surface area contributed by atoms with Crippen LogP contribution >= 0.6 is 0 Å². The summed E-state index contributed by atoms with van der Waals surface area (Å²) in [4.78, 5) is 2.46. The third-order valence-corrected chi connectivity index (χ3v) is 4.15. The Kier molecular flexibility index (Phi) is 3.60. The number of aryl methyl sites for hydroxylation is 2. The summed E-state index contributed by atoms with van der Waals surface area (Å²) in [5.74, 6) is 0. The van der Waals surface area contributed by atoms with E-state index < -0.39 is 0 Å². The van der Waals surface area contributed by atoms with E-state index in [1.807, 2.05) is 0 Å². The zero-order chi connectivity index (χ0) is 13.9. The summed E-state index contributed by atoms with van der Waals surface area (Å²) in [7, 11) is 0. The molecule has 102 valence electrons. The normalized spacial score (nSPS) is 14.2. The van der Waals surface area contributed by atoms with Crippen molar-refractivity contribution in [3.05, 3.63) is 83.1 Å². The topological polar surface area (TPSA) is 3.24 Å². The molecule has 1 nitrogen and oxygen atoms in total. The molecular weight excluding hydrogens is 242 g/mol. The number of benzene rings is 2. The minimum Gasteiger partial charge on any atom is -0.366 e. The lowest BCUT2D eigenvalue weighted by atomic mass is 9.91. The maximum atomic E-state index is 2.46. The van der Waals surface area contributed by atoms with Gasteiger partial charge in [0.1, 0.15) is 0 Å². The Morgan fingerprint density at radius 3 is 1.85 bits per heavy atom. The van der Waals surface area contributed by atoms with Crippen LogP contribution in [0.15, 0.2) is 60.8 Å². The average Bonchev–Trinajstić information content (AvgIpc) is 2.97. The summed E-state index contributed by atoms with van der Waals surface area (Å²) in [6.07, 6.45) is 5.67. The fourth-order valence-electron chi connectivity index (χ4n) is 3.04. The second-order valence-corrected chi connectivity index (χ2v) is 5.53. The molecule has 2 aromatic carbocycles. The van der Waals surface area contributed by atoms with Crippen LogP contribution in [0.1, 0.15) is 34.7 Å². The Balaban J connectivity index is 2.12. The molecule has 1 heterocycles. The van der Waals surface area contributed by atoms with Crippen molar-refractivity contribution in [2.45, 2.75) is 26.3 Å². The molecule has 20 heavy (non-hydrogen) atoms. The Labute approximate surface area is 121 Å². The Morgan fingerprint density at radius 2 is 1.40 bits per heavy atom. The Morgan fingerprint density at radius 1 is 0.850 bits per heavy atom. The van der Waals surface area contributed by atoms with Crippen LogP contribution in [0.4, 0.5) is 0 Å². The molecule has 0 aliphatic carbocycles. The molecule has 3 rings (SSSR count). The molecule has 0 radical (unpaired) electrons. The first kappa shape index (κ1) is 13.0. The van der Waals surface area contributed by atoms with Gasteiger partial charge in [-0.1, -0.05) is 54.6 Å². The van der Waals surface area contributed by atoms with E-state index >= 15 is 0 Å². The van der Waals surface area contributed by atoms with Gasteiger partial charge in [0.05, 0.1) is 6.04 Å². The predicted octanol–water partition coefficient (Wildman–Crippen LogP) is 4.61. The average molecular weight is 263 g/mol. The molecule has 1 aliphatic rings. The first-order valence-electron chi connectivity index (χ1n) is 7.31. The van der Waals surface area contributed by atoms with Crippen molar-refractivity contribution >= 4 is 0 Å². The molecule has 0 N–H and O–H groups in total. The van der Waals surface area contributed by atoms with Crippen molar-refractivity contribution in [1.29, 1.82) is 0 Å². The largest absolute Gasteiger partial charge is 0.366 e. The van der Waals surface area contributed by atoms with E-state index in [9.17, 15) is 0 Å². The highest BCUT2D eigenvalue weighted by molar-refractivity contribution is 5.41. The van der Waals surface area contributed by atoms with Gasteiger partial charge in [-0.25, -0.2) is 0 Å². The lowest BCUT2D eigenvalue weighted by Gasteiger charge is -2.31. The Hall–Kier alpha value is -2.02. The number of nitrogens with zero attached hydrogens (tertiary/aromatic N) is 1. The van der Waals surface area contributed by atoms with E-state index in [4.69, 9.17) is 0 Å². The van der Waals surface area contributed by atoms with Crippen LogP contribution in [0.2, 0.25) is 0 Å². The van der Waals surface area contributed by atoms with Crippen LogP contribution in [-0.2, 0) is 0 Å². The van der Waals surface area contributed by atoms with Crippen LogP contribution in [0, 0.1) is 13.8 Å². The van der Waals surface area contributed by atoms with Gasteiger partial charge < -0.3 is 4.90 Å². The fourth-order valence-corrected chi connectivity index (χ4v) is 3.04. The summed E-state index contributed by atoms with van der Waals surface area (Å²) < 4.78 is 0. The van der Waals surface area contributed by atoms with Crippen molar-refractivity contribution in [1.82, 2.24) is 4.90 Å². The van der Waals surface area contributed by atoms with Gasteiger partial charge in [0.15, 0.2) is 0 Å². The van der Waals surface area contributed by atoms with Crippen molar-refractivity contribution in [3.63, 3.8) is 0 Å². The van der Waals surface area contributed by atoms with Crippen LogP contribution in [0.5, 0.6) is 0 Å². The molecule has 0 saturated carbocycles. The number of hydrogen-bond donors (Lipinski definition) is 0. The van der Waals surface area contributed by atoms with Crippen LogP contribution in [0.3, 0.4) is 0 Å². The van der Waals surface area contributed by atoms with Crippen molar-refractivity contribution in [2.24, 2.45) is 0 Å². The third kappa shape index (κ3) is 2.36. The van der Waals surface area contributed by atoms with E-state index in [-0.39, 0.29) is 0 Å². The molecule has 0 fully saturated rings. The van der Waals surface area contributed by atoms with E-state index in [2.05, 4.69) is 79.6 Å². The van der Waals surface area contributed by atoms with Gasteiger partial charge in [-0.3, -0.25) is 0 Å². The van der Waals surface area contributed by atoms with E-state index in [1.165, 1.54) is 22.3 Å². The zero-order valence-electron chi connectivity index (χ0n) is 12.2. The zero-order valence-corrected chi connectivity index (χ0v) is 12.2. The SMILES string of the molecule is Cc1ccccc1C(c1ccccc1C)N1C=CCC1. The van der Waals surface area contributed by atoms with Gasteiger partial charge in [0, 0.05) is 6.54 Å². The summed E-state index contributed by atoms with van der Waals surface area (Å²) in [5, 5.41) is 0. The molecule has 0 bridgehead atoms. The van der Waals surface area contributed by atoms with Gasteiger partial charge in [-0.15, -0.1) is 0 Å². The minimum absolute atomic E-state index is 0.330. The molecule has 0 aromatic heterocycles. The lowest BCUT2D eigenvalue weighted by molar-refractivity contribution is 0.341. The van der Waals surface area contributed by atoms with Crippen LogP contribution < -0.4 is 0 Å². The van der Waals surface area contributed by atoms with Gasteiger partial charge in [0.25, 0.3) is 0 Å². The van der Waals surface area contributed by atoms with Crippen molar-refractivity contribution in [2.75, 3.05) is 6.54 Å². The van der Waals surface area contributed by atoms with Gasteiger partial charge in [0.2, 0.25) is 0 Å². The minimum atomic E-state index is 0.330. The second kappa shape index (κ2) is 5.54. The molecule has 0 unspecified atom stereocenters. The smallest absolute Gasteiger partial charge is 0.0795 e. The maximum absolute atomic E-state index is 2.46. The predicted molar refractivity (Wildman–Crippen MR) is 84.7 cm³/mol. The lowest BCUT2D eigenvalue weighted by Crippen LogP contribution is -2.24. The molecule has 1 aliphatic heterocycles. The van der Waals surface area contributed by atoms with Gasteiger partial charge in [-0.2, -0.15) is 0 Å². The second-order valence-electron chi connectivity index (χ2n) is 5.53. The van der Waals surface area contributed by atoms with E-state index in [0.717, 1.165) is 13.0 Å². The molecule has 0 saturated heterocycles. The summed E-state index contributed by atoms with van der Waals surface area (Å²) in [6, 6.07) is 17.8. The number of rotatable bonds is 3. The summed E-state index contributed by atoms with van der Waals surface area (Å²) in [6.45, 7) is 5.52. The Bertz CT molecular complexity index is 582. The summed E-state index contributed by atoms with van der Waals surface area (Å²) >= 11 is 0. The fraction of sp³-hybridized carbons (Fsp3) is 0.263. The van der Waals surface area contributed by atoms with Gasteiger partial charge >= 0.3 is 0 Å². The molecule has 2 aromatic rings. The van der Waals surface area contributed by atoms with Crippen molar-refractivity contribution < 1.29 is 0 Å². The van der Waals surface area contributed by atoms with Crippen LogP contribution in [-0.4, -0.2) is 11.4 Å². The standard InChI is InChI=1S/C19H21N/c1-15-9-3-5-11-17(15)19(20-13-7-8-14-20)18-12-6-4-10-16(18)2/h3-7,9-13,19H,8,14H2,1-2H3. The molecular formula is C19H21N. The molecule has 0 amide bonds. The van der Waals surface area contributed by atoms with Gasteiger partial charge in [-0.05, 0) is 48.7 Å². The monoisotopic (exact) mass is 263 g/mol. The highest BCUT2D eigenvalue weighted by atomic mass is 15.1. The first-order chi connectivity index (χ1) is 9.77. The summed E-state index contributed by atoms with van der Waals surface area (Å²) in [5.41, 5.74) is 5.55. The highest BCUT2D eigenvalue weighted by Gasteiger charge is 2.23.